The standard InChI is InChI=1S/C20H26N2O3/c1-16(13-17-9-11-19(12-10-17)25-15-24-3)22(2)14-21-20(23)18-7-5-4-6-8-18/h4-12,16H,13-15H2,1-3H3,(H,21,23). The summed E-state index contributed by atoms with van der Waals surface area (Å²) in [5, 5.41) is 2.95. The van der Waals surface area contributed by atoms with Crippen LogP contribution in [0, 0.1) is 0 Å². The second-order valence-electron chi connectivity index (χ2n) is 6.04. The lowest BCUT2D eigenvalue weighted by Crippen LogP contribution is -2.40. The fraction of sp³-hybridized carbons (Fsp3) is 0.350. The van der Waals surface area contributed by atoms with E-state index in [1.54, 1.807) is 7.11 Å². The number of carbonyl (C=O) groups is 1. The topological polar surface area (TPSA) is 50.8 Å². The van der Waals surface area contributed by atoms with Crippen molar-refractivity contribution in [3.63, 3.8) is 0 Å². The van der Waals surface area contributed by atoms with E-state index >= 15 is 0 Å². The van der Waals surface area contributed by atoms with Crippen molar-refractivity contribution in [2.75, 3.05) is 27.6 Å². The van der Waals surface area contributed by atoms with Crippen LogP contribution in [-0.2, 0) is 11.2 Å². The molecule has 0 saturated carbocycles. The third-order valence-electron chi connectivity index (χ3n) is 4.08. The summed E-state index contributed by atoms with van der Waals surface area (Å²) in [4.78, 5) is 14.2. The van der Waals surface area contributed by atoms with Crippen molar-refractivity contribution < 1.29 is 14.3 Å². The molecule has 0 aliphatic carbocycles. The van der Waals surface area contributed by atoms with Gasteiger partial charge < -0.3 is 14.8 Å². The maximum absolute atomic E-state index is 12.1. The molecule has 1 unspecified atom stereocenters. The van der Waals surface area contributed by atoms with Gasteiger partial charge in [0, 0.05) is 18.7 Å². The van der Waals surface area contributed by atoms with Crippen molar-refractivity contribution in [2.45, 2.75) is 19.4 Å². The zero-order valence-corrected chi connectivity index (χ0v) is 15.1. The number of benzene rings is 2. The summed E-state index contributed by atoms with van der Waals surface area (Å²) in [6.07, 6.45) is 0.891. The van der Waals surface area contributed by atoms with E-state index in [0.29, 0.717) is 18.3 Å². The van der Waals surface area contributed by atoms with E-state index in [1.807, 2.05) is 49.5 Å². The molecule has 5 heteroatoms. The molecule has 0 bridgehead atoms. The maximum Gasteiger partial charge on any atom is 0.252 e. The molecule has 0 aromatic heterocycles. The fourth-order valence-corrected chi connectivity index (χ4v) is 2.39. The number of hydrogen-bond donors (Lipinski definition) is 1. The lowest BCUT2D eigenvalue weighted by molar-refractivity contribution is 0.0511. The predicted octanol–water partition coefficient (Wildman–Crippen LogP) is 2.92. The highest BCUT2D eigenvalue weighted by Crippen LogP contribution is 2.14. The molecule has 1 atom stereocenters. The number of ether oxygens (including phenoxy) is 2. The van der Waals surface area contributed by atoms with Gasteiger partial charge in [0.2, 0.25) is 0 Å². The molecule has 0 fully saturated rings. The van der Waals surface area contributed by atoms with Gasteiger partial charge in [0.25, 0.3) is 5.91 Å². The normalized spacial score (nSPS) is 12.0. The van der Waals surface area contributed by atoms with Gasteiger partial charge in [-0.25, -0.2) is 0 Å². The van der Waals surface area contributed by atoms with Crippen molar-refractivity contribution in [1.29, 1.82) is 0 Å². The second-order valence-corrected chi connectivity index (χ2v) is 6.04. The summed E-state index contributed by atoms with van der Waals surface area (Å²) in [6, 6.07) is 17.5. The van der Waals surface area contributed by atoms with E-state index in [2.05, 4.69) is 29.3 Å². The number of amides is 1. The maximum atomic E-state index is 12.1. The van der Waals surface area contributed by atoms with Gasteiger partial charge >= 0.3 is 0 Å². The lowest BCUT2D eigenvalue weighted by atomic mass is 10.1. The summed E-state index contributed by atoms with van der Waals surface area (Å²) in [5.41, 5.74) is 1.90. The number of methoxy groups -OCH3 is 1. The van der Waals surface area contributed by atoms with Crippen LogP contribution < -0.4 is 10.1 Å². The minimum atomic E-state index is -0.0562. The number of carbonyl (C=O) groups excluding carboxylic acids is 1. The SMILES string of the molecule is COCOc1ccc(CC(C)N(C)CNC(=O)c2ccccc2)cc1. The van der Waals surface area contributed by atoms with Crippen molar-refractivity contribution in [3.8, 4) is 5.75 Å². The molecular weight excluding hydrogens is 316 g/mol. The van der Waals surface area contributed by atoms with Gasteiger partial charge in [0.1, 0.15) is 5.75 Å². The number of nitrogens with one attached hydrogen (secondary N) is 1. The fourth-order valence-electron chi connectivity index (χ4n) is 2.39. The predicted molar refractivity (Wildman–Crippen MR) is 98.7 cm³/mol. The summed E-state index contributed by atoms with van der Waals surface area (Å²) in [7, 11) is 3.61. The Balaban J connectivity index is 1.79. The summed E-state index contributed by atoms with van der Waals surface area (Å²) >= 11 is 0. The van der Waals surface area contributed by atoms with E-state index in [0.717, 1.165) is 12.2 Å². The average molecular weight is 342 g/mol. The molecule has 0 saturated heterocycles. The first-order chi connectivity index (χ1) is 12.1. The Morgan fingerprint density at radius 2 is 1.80 bits per heavy atom. The Bertz CT molecular complexity index is 644. The van der Waals surface area contributed by atoms with Gasteiger partial charge in [-0.2, -0.15) is 0 Å². The number of hydrogen-bond acceptors (Lipinski definition) is 4. The third-order valence-corrected chi connectivity index (χ3v) is 4.08. The monoisotopic (exact) mass is 342 g/mol. The van der Waals surface area contributed by atoms with Gasteiger partial charge in [0.15, 0.2) is 6.79 Å². The van der Waals surface area contributed by atoms with E-state index in [4.69, 9.17) is 9.47 Å². The number of nitrogens with zero attached hydrogens (tertiary/aromatic N) is 1. The molecule has 0 spiro atoms. The first-order valence-corrected chi connectivity index (χ1v) is 8.34. The minimum Gasteiger partial charge on any atom is -0.468 e. The first-order valence-electron chi connectivity index (χ1n) is 8.34. The minimum absolute atomic E-state index is 0.0562. The van der Waals surface area contributed by atoms with Crippen LogP contribution in [0.2, 0.25) is 0 Å². The molecule has 2 rings (SSSR count). The van der Waals surface area contributed by atoms with Crippen LogP contribution in [-0.4, -0.2) is 44.5 Å². The lowest BCUT2D eigenvalue weighted by Gasteiger charge is -2.25. The van der Waals surface area contributed by atoms with Crippen LogP contribution in [0.1, 0.15) is 22.8 Å². The highest BCUT2D eigenvalue weighted by Gasteiger charge is 2.12. The van der Waals surface area contributed by atoms with Crippen molar-refractivity contribution >= 4 is 5.91 Å². The summed E-state index contributed by atoms with van der Waals surface area (Å²) < 4.78 is 10.3. The molecule has 2 aromatic rings. The molecule has 0 aliphatic rings. The first kappa shape index (κ1) is 19.0. The summed E-state index contributed by atoms with van der Waals surface area (Å²) in [5.74, 6) is 0.737. The zero-order chi connectivity index (χ0) is 18.1. The van der Waals surface area contributed by atoms with Gasteiger partial charge in [-0.1, -0.05) is 30.3 Å². The number of likely N-dealkylation sites (N-methyl/N-ethyl adjacent to an activating group) is 1. The summed E-state index contributed by atoms with van der Waals surface area (Å²) in [6.45, 7) is 2.90. The Kier molecular flexibility index (Phi) is 7.44. The van der Waals surface area contributed by atoms with Crippen molar-refractivity contribution in [2.24, 2.45) is 0 Å². The van der Waals surface area contributed by atoms with Crippen molar-refractivity contribution in [3.05, 3.63) is 65.7 Å². The number of rotatable bonds is 9. The molecule has 5 nitrogen and oxygen atoms in total. The van der Waals surface area contributed by atoms with E-state index in [1.165, 1.54) is 5.56 Å². The van der Waals surface area contributed by atoms with E-state index in [-0.39, 0.29) is 12.7 Å². The van der Waals surface area contributed by atoms with Crippen LogP contribution in [0.25, 0.3) is 0 Å². The molecule has 1 N–H and O–H groups in total. The molecule has 0 radical (unpaired) electrons. The van der Waals surface area contributed by atoms with Crippen LogP contribution in [0.3, 0.4) is 0 Å². The van der Waals surface area contributed by atoms with Crippen LogP contribution >= 0.6 is 0 Å². The Hall–Kier alpha value is -2.37. The van der Waals surface area contributed by atoms with Crippen molar-refractivity contribution in [1.82, 2.24) is 10.2 Å². The molecule has 134 valence electrons. The van der Waals surface area contributed by atoms with Gasteiger partial charge in [-0.15, -0.1) is 0 Å². The quantitative estimate of drug-likeness (QED) is 0.712. The highest BCUT2D eigenvalue weighted by molar-refractivity contribution is 5.94. The Morgan fingerprint density at radius 1 is 1.12 bits per heavy atom. The molecule has 0 heterocycles. The van der Waals surface area contributed by atoms with Gasteiger partial charge in [-0.3, -0.25) is 9.69 Å². The average Bonchev–Trinajstić information content (AvgIpc) is 2.65. The van der Waals surface area contributed by atoms with E-state index < -0.39 is 0 Å². The van der Waals surface area contributed by atoms with Crippen LogP contribution in [0.15, 0.2) is 54.6 Å². The molecule has 25 heavy (non-hydrogen) atoms. The van der Waals surface area contributed by atoms with Gasteiger partial charge in [-0.05, 0) is 50.2 Å². The van der Waals surface area contributed by atoms with E-state index in [9.17, 15) is 4.79 Å². The van der Waals surface area contributed by atoms with Crippen LogP contribution in [0.4, 0.5) is 0 Å². The van der Waals surface area contributed by atoms with Crippen LogP contribution in [0.5, 0.6) is 5.75 Å². The smallest absolute Gasteiger partial charge is 0.252 e. The highest BCUT2D eigenvalue weighted by atomic mass is 16.7. The molecule has 1 amide bonds. The molecule has 0 aliphatic heterocycles. The molecule has 2 aromatic carbocycles. The second kappa shape index (κ2) is 9.81. The van der Waals surface area contributed by atoms with Gasteiger partial charge in [0.05, 0.1) is 6.67 Å². The Morgan fingerprint density at radius 3 is 2.44 bits per heavy atom. The third kappa shape index (κ3) is 6.21. The molecular formula is C20H26N2O3. The Labute approximate surface area is 149 Å². The largest absolute Gasteiger partial charge is 0.468 e. The zero-order valence-electron chi connectivity index (χ0n) is 15.1.